The highest BCUT2D eigenvalue weighted by Gasteiger charge is 2.08. The second kappa shape index (κ2) is 4.93. The Morgan fingerprint density at radius 3 is 2.35 bits per heavy atom. The molecule has 1 N–H and O–H groups in total. The second-order valence-corrected chi connectivity index (χ2v) is 4.12. The van der Waals surface area contributed by atoms with Crippen LogP contribution in [0.3, 0.4) is 0 Å². The van der Waals surface area contributed by atoms with Gasteiger partial charge in [-0.15, -0.1) is 15.0 Å². The molecule has 0 aliphatic carbocycles. The van der Waals surface area contributed by atoms with Crippen molar-refractivity contribution < 1.29 is 9.90 Å². The number of hydrogen-bond donors (Lipinski definition) is 1. The van der Waals surface area contributed by atoms with Crippen molar-refractivity contribution in [2.24, 2.45) is 0 Å². The molecule has 0 atom stereocenters. The smallest absolute Gasteiger partial charge is 0.335 e. The maximum absolute atomic E-state index is 10.8. The molecule has 0 spiro atoms. The van der Waals surface area contributed by atoms with Gasteiger partial charge in [-0.1, -0.05) is 30.3 Å². The molecule has 0 unspecified atom stereocenters. The SMILES string of the molecule is O=C(O)c1ccc(-n2nnc(-c3ccccc3)n2)cc1. The van der Waals surface area contributed by atoms with Crippen molar-refractivity contribution in [3.8, 4) is 17.1 Å². The molecule has 20 heavy (non-hydrogen) atoms. The van der Waals surface area contributed by atoms with Crippen molar-refractivity contribution in [3.63, 3.8) is 0 Å². The Labute approximate surface area is 114 Å². The average molecular weight is 266 g/mol. The Bertz CT molecular complexity index is 735. The van der Waals surface area contributed by atoms with E-state index in [-0.39, 0.29) is 5.56 Å². The van der Waals surface area contributed by atoms with Crippen LogP contribution in [0.4, 0.5) is 0 Å². The molecule has 0 fully saturated rings. The maximum atomic E-state index is 10.8. The molecule has 0 saturated heterocycles. The molecule has 6 nitrogen and oxygen atoms in total. The minimum atomic E-state index is -0.965. The largest absolute Gasteiger partial charge is 0.478 e. The molecule has 0 radical (unpaired) electrons. The van der Waals surface area contributed by atoms with Gasteiger partial charge >= 0.3 is 5.97 Å². The van der Waals surface area contributed by atoms with Crippen LogP contribution < -0.4 is 0 Å². The van der Waals surface area contributed by atoms with Crippen LogP contribution in [0.25, 0.3) is 17.1 Å². The van der Waals surface area contributed by atoms with Crippen molar-refractivity contribution in [2.75, 3.05) is 0 Å². The molecule has 0 aliphatic rings. The van der Waals surface area contributed by atoms with Gasteiger partial charge in [-0.05, 0) is 29.5 Å². The van der Waals surface area contributed by atoms with Crippen molar-refractivity contribution >= 4 is 5.97 Å². The molecular weight excluding hydrogens is 256 g/mol. The van der Waals surface area contributed by atoms with Gasteiger partial charge < -0.3 is 5.11 Å². The molecule has 0 bridgehead atoms. The topological polar surface area (TPSA) is 80.9 Å². The standard InChI is InChI=1S/C14H10N4O2/c19-14(20)11-6-8-12(9-7-11)18-16-13(15-17-18)10-4-2-1-3-5-10/h1-9H,(H,19,20). The Morgan fingerprint density at radius 1 is 1.00 bits per heavy atom. The summed E-state index contributed by atoms with van der Waals surface area (Å²) in [7, 11) is 0. The lowest BCUT2D eigenvalue weighted by atomic mass is 10.2. The van der Waals surface area contributed by atoms with Crippen molar-refractivity contribution in [2.45, 2.75) is 0 Å². The van der Waals surface area contributed by atoms with Crippen LogP contribution >= 0.6 is 0 Å². The third kappa shape index (κ3) is 2.26. The van der Waals surface area contributed by atoms with Crippen LogP contribution in [0.5, 0.6) is 0 Å². The van der Waals surface area contributed by atoms with Crippen LogP contribution in [0.2, 0.25) is 0 Å². The van der Waals surface area contributed by atoms with Crippen LogP contribution in [-0.4, -0.2) is 31.3 Å². The highest BCUT2D eigenvalue weighted by Crippen LogP contribution is 2.14. The molecule has 98 valence electrons. The van der Waals surface area contributed by atoms with E-state index in [1.54, 1.807) is 12.1 Å². The third-order valence-corrected chi connectivity index (χ3v) is 2.79. The van der Waals surface area contributed by atoms with E-state index in [1.165, 1.54) is 16.9 Å². The molecule has 0 aliphatic heterocycles. The van der Waals surface area contributed by atoms with E-state index in [4.69, 9.17) is 5.11 Å². The van der Waals surface area contributed by atoms with Crippen molar-refractivity contribution in [1.82, 2.24) is 20.2 Å². The first-order chi connectivity index (χ1) is 9.74. The number of aromatic nitrogens is 4. The summed E-state index contributed by atoms with van der Waals surface area (Å²) in [5.41, 5.74) is 1.75. The molecule has 0 amide bonds. The van der Waals surface area contributed by atoms with Crippen LogP contribution in [0.15, 0.2) is 54.6 Å². The molecule has 2 aromatic carbocycles. The Morgan fingerprint density at radius 2 is 1.70 bits per heavy atom. The molecule has 1 heterocycles. The van der Waals surface area contributed by atoms with Crippen LogP contribution in [-0.2, 0) is 0 Å². The van der Waals surface area contributed by atoms with E-state index in [0.717, 1.165) is 5.56 Å². The highest BCUT2D eigenvalue weighted by molar-refractivity contribution is 5.87. The summed E-state index contributed by atoms with van der Waals surface area (Å²) in [6.45, 7) is 0. The van der Waals surface area contributed by atoms with Gasteiger partial charge in [-0.25, -0.2) is 4.79 Å². The summed E-state index contributed by atoms with van der Waals surface area (Å²) in [4.78, 5) is 12.2. The van der Waals surface area contributed by atoms with Gasteiger partial charge in [-0.3, -0.25) is 0 Å². The van der Waals surface area contributed by atoms with Gasteiger partial charge in [0.1, 0.15) is 0 Å². The lowest BCUT2D eigenvalue weighted by Crippen LogP contribution is -2.01. The lowest BCUT2D eigenvalue weighted by molar-refractivity contribution is 0.0697. The first-order valence-electron chi connectivity index (χ1n) is 5.93. The number of carboxylic acid groups (broad SMARTS) is 1. The summed E-state index contributed by atoms with van der Waals surface area (Å²) in [6.07, 6.45) is 0. The number of hydrogen-bond acceptors (Lipinski definition) is 4. The van der Waals surface area contributed by atoms with Crippen LogP contribution in [0, 0.1) is 0 Å². The van der Waals surface area contributed by atoms with Gasteiger partial charge in [0.2, 0.25) is 5.82 Å². The molecule has 1 aromatic heterocycles. The molecular formula is C14H10N4O2. The van der Waals surface area contributed by atoms with Crippen molar-refractivity contribution in [3.05, 3.63) is 60.2 Å². The normalized spacial score (nSPS) is 10.4. The number of carboxylic acids is 1. The fourth-order valence-corrected chi connectivity index (χ4v) is 1.76. The third-order valence-electron chi connectivity index (χ3n) is 2.79. The second-order valence-electron chi connectivity index (χ2n) is 4.12. The van der Waals surface area contributed by atoms with E-state index < -0.39 is 5.97 Å². The van der Waals surface area contributed by atoms with E-state index in [1.807, 2.05) is 30.3 Å². The Hall–Kier alpha value is -3.02. The Balaban J connectivity index is 1.92. The fraction of sp³-hybridized carbons (Fsp3) is 0. The first-order valence-corrected chi connectivity index (χ1v) is 5.93. The zero-order valence-electron chi connectivity index (χ0n) is 10.3. The number of aromatic carboxylic acids is 1. The highest BCUT2D eigenvalue weighted by atomic mass is 16.4. The predicted octanol–water partition coefficient (Wildman–Crippen LogP) is 2.03. The van der Waals surface area contributed by atoms with Gasteiger partial charge in [0.25, 0.3) is 0 Å². The van der Waals surface area contributed by atoms with Gasteiger partial charge in [-0.2, -0.15) is 0 Å². The van der Waals surface area contributed by atoms with Gasteiger partial charge in [0, 0.05) is 5.56 Å². The van der Waals surface area contributed by atoms with E-state index >= 15 is 0 Å². The number of tetrazole rings is 1. The predicted molar refractivity (Wildman–Crippen MR) is 71.5 cm³/mol. The number of nitrogens with zero attached hydrogens (tertiary/aromatic N) is 4. The van der Waals surface area contributed by atoms with Gasteiger partial charge in [0.15, 0.2) is 0 Å². The summed E-state index contributed by atoms with van der Waals surface area (Å²) in [6, 6.07) is 15.8. The van der Waals surface area contributed by atoms with E-state index in [2.05, 4.69) is 15.4 Å². The zero-order valence-corrected chi connectivity index (χ0v) is 10.3. The van der Waals surface area contributed by atoms with Crippen molar-refractivity contribution in [1.29, 1.82) is 0 Å². The molecule has 6 heteroatoms. The average Bonchev–Trinajstić information content (AvgIpc) is 2.98. The summed E-state index contributed by atoms with van der Waals surface area (Å²) in [5, 5.41) is 21.1. The fourth-order valence-electron chi connectivity index (χ4n) is 1.76. The monoisotopic (exact) mass is 266 g/mol. The maximum Gasteiger partial charge on any atom is 0.335 e. The number of benzene rings is 2. The Kier molecular flexibility index (Phi) is 2.96. The first kappa shape index (κ1) is 12.0. The van der Waals surface area contributed by atoms with E-state index in [9.17, 15) is 4.79 Å². The van der Waals surface area contributed by atoms with E-state index in [0.29, 0.717) is 11.5 Å². The summed E-state index contributed by atoms with van der Waals surface area (Å²) >= 11 is 0. The van der Waals surface area contributed by atoms with Crippen LogP contribution in [0.1, 0.15) is 10.4 Å². The summed E-state index contributed by atoms with van der Waals surface area (Å²) < 4.78 is 0. The minimum absolute atomic E-state index is 0.220. The minimum Gasteiger partial charge on any atom is -0.478 e. The lowest BCUT2D eigenvalue weighted by Gasteiger charge is -1.98. The summed E-state index contributed by atoms with van der Waals surface area (Å²) in [5.74, 6) is -0.444. The molecule has 3 rings (SSSR count). The number of rotatable bonds is 3. The quantitative estimate of drug-likeness (QED) is 0.784. The molecule has 3 aromatic rings. The number of carbonyl (C=O) groups is 1. The van der Waals surface area contributed by atoms with Gasteiger partial charge in [0.05, 0.1) is 11.3 Å². The zero-order chi connectivity index (χ0) is 13.9. The molecule has 0 saturated carbocycles.